The van der Waals surface area contributed by atoms with Gasteiger partial charge in [-0.3, -0.25) is 8.98 Å². The van der Waals surface area contributed by atoms with E-state index in [-0.39, 0.29) is 69.1 Å². The van der Waals surface area contributed by atoms with Gasteiger partial charge in [-0.25, -0.2) is 0 Å². The molecule has 1 radical (unpaired) electrons. The van der Waals surface area contributed by atoms with E-state index >= 15 is 0 Å². The Morgan fingerprint density at radius 3 is 2.57 bits per heavy atom. The predicted molar refractivity (Wildman–Crippen MR) is 111 cm³/mol. The smallest absolute Gasteiger partial charge is 0.264 e. The quantitative estimate of drug-likeness (QED) is 0.358. The molecule has 1 saturated heterocycles. The van der Waals surface area contributed by atoms with E-state index in [0.29, 0.717) is 18.1 Å². The molecular weight excluding hydrogens is 462 g/mol. The van der Waals surface area contributed by atoms with Crippen molar-refractivity contribution in [2.45, 2.75) is 76.3 Å². The van der Waals surface area contributed by atoms with Crippen LogP contribution in [0, 0.1) is 40.4 Å². The molecule has 6 fully saturated rings. The zero-order valence-electron chi connectivity index (χ0n) is 17.9. The van der Waals surface area contributed by atoms with Gasteiger partial charge in [0.2, 0.25) is 0 Å². The van der Waals surface area contributed by atoms with Crippen LogP contribution in [0.4, 0.5) is 0 Å². The molecule has 5 saturated carbocycles. The molecule has 1 aliphatic heterocycles. The molecule has 5 aliphatic carbocycles. The number of rotatable bonds is 2. The zero-order chi connectivity index (χ0) is 19.9. The molecule has 4 unspecified atom stereocenters. The van der Waals surface area contributed by atoms with Gasteiger partial charge in [0.05, 0.1) is 12.4 Å². The molecule has 1 heterocycles. The van der Waals surface area contributed by atoms with E-state index in [0.717, 1.165) is 38.4 Å². The topological polar surface area (TPSA) is 93.2 Å². The Bertz CT molecular complexity index is 883. The summed E-state index contributed by atoms with van der Waals surface area (Å²) in [4.78, 5) is 13.0. The SMILES string of the molecule is C[C@]12CCC3C(C1[C@@H]1C[C@@H]1C2=O)[C@@H](OS(C)(=O)=O)[C@H]1O[C@]12C[C@@H](O)CC[C@]32C.P.[V]. The van der Waals surface area contributed by atoms with E-state index in [4.69, 9.17) is 8.92 Å². The number of ketones is 1. The molecule has 0 aromatic heterocycles. The Morgan fingerprint density at radius 1 is 1.20 bits per heavy atom. The van der Waals surface area contributed by atoms with Crippen LogP contribution in [-0.2, 0) is 42.4 Å². The summed E-state index contributed by atoms with van der Waals surface area (Å²) in [5, 5.41) is 10.4. The van der Waals surface area contributed by atoms with E-state index in [2.05, 4.69) is 13.8 Å². The van der Waals surface area contributed by atoms with Crippen molar-refractivity contribution in [2.75, 3.05) is 6.26 Å². The summed E-state index contributed by atoms with van der Waals surface area (Å²) >= 11 is 0. The first-order valence-electron chi connectivity index (χ1n) is 10.8. The molecule has 6 rings (SSSR count). The number of hydrogen-bond acceptors (Lipinski definition) is 6. The minimum atomic E-state index is -3.65. The van der Waals surface area contributed by atoms with Crippen LogP contribution in [0.25, 0.3) is 0 Å². The van der Waals surface area contributed by atoms with Crippen molar-refractivity contribution in [1.82, 2.24) is 0 Å². The fraction of sp³-hybridized carbons (Fsp3) is 0.952. The Labute approximate surface area is 194 Å². The molecule has 1 N–H and O–H groups in total. The predicted octanol–water partition coefficient (Wildman–Crippen LogP) is 1.96. The Hall–Kier alpha value is 0.514. The van der Waals surface area contributed by atoms with Crippen LogP contribution in [0.15, 0.2) is 0 Å². The van der Waals surface area contributed by atoms with E-state index < -0.39 is 27.9 Å². The number of carbonyl (C=O) groups is 1. The van der Waals surface area contributed by atoms with Crippen LogP contribution in [0.3, 0.4) is 0 Å². The minimum Gasteiger partial charge on any atom is -0.393 e. The Kier molecular flexibility index (Phi) is 5.34. The Balaban J connectivity index is 0.00000109. The first-order chi connectivity index (χ1) is 13.0. The number of carbonyl (C=O) groups excluding carboxylic acids is 1. The molecule has 0 aromatic rings. The van der Waals surface area contributed by atoms with E-state index in [9.17, 15) is 18.3 Å². The number of aliphatic hydroxyl groups excluding tert-OH is 1. The number of fused-ring (bicyclic) bond motifs is 6. The monoisotopic (exact) mass is 495 g/mol. The average molecular weight is 495 g/mol. The van der Waals surface area contributed by atoms with Gasteiger partial charge in [-0.1, -0.05) is 13.8 Å². The summed E-state index contributed by atoms with van der Waals surface area (Å²) in [6.07, 6.45) is 4.87. The zero-order valence-corrected chi connectivity index (χ0v) is 21.5. The second-order valence-corrected chi connectivity index (χ2v) is 12.6. The van der Waals surface area contributed by atoms with Crippen LogP contribution in [-0.4, -0.2) is 49.5 Å². The van der Waals surface area contributed by atoms with Gasteiger partial charge in [-0.05, 0) is 55.8 Å². The van der Waals surface area contributed by atoms with Crippen molar-refractivity contribution in [3.05, 3.63) is 0 Å². The van der Waals surface area contributed by atoms with Crippen molar-refractivity contribution in [2.24, 2.45) is 40.4 Å². The molecule has 30 heavy (non-hydrogen) atoms. The third-order valence-corrected chi connectivity index (χ3v) is 10.4. The first kappa shape index (κ1) is 23.7. The van der Waals surface area contributed by atoms with Crippen LogP contribution in [0.2, 0.25) is 0 Å². The molecule has 0 amide bonds. The van der Waals surface area contributed by atoms with Gasteiger partial charge in [-0.2, -0.15) is 18.3 Å². The van der Waals surface area contributed by atoms with Crippen molar-refractivity contribution in [1.29, 1.82) is 0 Å². The van der Waals surface area contributed by atoms with Crippen molar-refractivity contribution in [3.8, 4) is 0 Å². The molecule has 9 heteroatoms. The van der Waals surface area contributed by atoms with Gasteiger partial charge in [0.25, 0.3) is 10.1 Å². The number of aliphatic hydroxyl groups is 1. The maximum Gasteiger partial charge on any atom is 0.264 e. The van der Waals surface area contributed by atoms with Gasteiger partial charge in [-0.15, -0.1) is 0 Å². The maximum absolute atomic E-state index is 13.0. The average Bonchev–Trinajstić information content (AvgIpc) is 3.48. The number of Topliss-reactive ketones (excluding diaryl/α,β-unsaturated/α-hetero) is 1. The van der Waals surface area contributed by atoms with Crippen LogP contribution in [0.5, 0.6) is 0 Å². The Morgan fingerprint density at radius 2 is 1.90 bits per heavy atom. The van der Waals surface area contributed by atoms with Crippen molar-refractivity contribution >= 4 is 25.8 Å². The third-order valence-electron chi connectivity index (χ3n) is 9.81. The second kappa shape index (κ2) is 6.78. The van der Waals surface area contributed by atoms with Gasteiger partial charge in [0.15, 0.2) is 0 Å². The van der Waals surface area contributed by atoms with Gasteiger partial charge >= 0.3 is 0 Å². The molecule has 1 spiro atoms. The van der Waals surface area contributed by atoms with Crippen molar-refractivity contribution in [3.63, 3.8) is 0 Å². The largest absolute Gasteiger partial charge is 0.393 e. The summed E-state index contributed by atoms with van der Waals surface area (Å²) in [6, 6.07) is 0. The third kappa shape index (κ3) is 2.76. The number of epoxide rings is 1. The van der Waals surface area contributed by atoms with E-state index in [1.807, 2.05) is 0 Å². The fourth-order valence-electron chi connectivity index (χ4n) is 8.58. The molecule has 0 aromatic carbocycles. The van der Waals surface area contributed by atoms with E-state index in [1.165, 1.54) is 0 Å². The molecule has 6 nitrogen and oxygen atoms in total. The minimum absolute atomic E-state index is 0. The fourth-order valence-corrected chi connectivity index (χ4v) is 9.21. The molecule has 169 valence electrons. The van der Waals surface area contributed by atoms with Crippen LogP contribution >= 0.6 is 9.90 Å². The summed E-state index contributed by atoms with van der Waals surface area (Å²) < 4.78 is 36.4. The summed E-state index contributed by atoms with van der Waals surface area (Å²) in [7, 11) is -3.65. The second-order valence-electron chi connectivity index (χ2n) is 11.0. The molecule has 0 bridgehead atoms. The molecular formula is C21H33O6PSV. The van der Waals surface area contributed by atoms with E-state index in [1.54, 1.807) is 0 Å². The molecule has 12 atom stereocenters. The summed E-state index contributed by atoms with van der Waals surface area (Å²) in [5.41, 5.74) is -0.899. The van der Waals surface area contributed by atoms with Gasteiger partial charge in [0, 0.05) is 41.7 Å². The van der Waals surface area contributed by atoms with Crippen LogP contribution in [0.1, 0.15) is 52.4 Å². The van der Waals surface area contributed by atoms with Gasteiger partial charge < -0.3 is 9.84 Å². The summed E-state index contributed by atoms with van der Waals surface area (Å²) in [5.74, 6) is 1.48. The normalized spacial score (nSPS) is 57.4. The van der Waals surface area contributed by atoms with Crippen LogP contribution < -0.4 is 0 Å². The standard InChI is InChI=1S/C21H30O6S.H3P.V/c1-19-6-5-13-14(15(19)11-8-12(11)17(19)23)16(27-28(3,24)25)18-21(26-18)9-10(22)4-7-20(13,21)2;;/h10-16,18,22H,4-9H2,1-3H3;1H3;/t10-,11+,12-,13?,14?,15?,16+,18+,19-,20+,21+;;/m0../s1. The number of hydrogen-bond donors (Lipinski definition) is 1. The van der Waals surface area contributed by atoms with Gasteiger partial charge in [0.1, 0.15) is 23.6 Å². The summed E-state index contributed by atoms with van der Waals surface area (Å²) in [6.45, 7) is 4.40. The first-order valence-corrected chi connectivity index (χ1v) is 12.6. The van der Waals surface area contributed by atoms with Crippen molar-refractivity contribution < 1.29 is 45.8 Å². The molecule has 6 aliphatic rings. The maximum atomic E-state index is 13.0. The number of ether oxygens (including phenoxy) is 1.